The van der Waals surface area contributed by atoms with E-state index >= 15 is 0 Å². The number of nitrogens with zero attached hydrogens (tertiary/aromatic N) is 1. The number of nitriles is 1. The van der Waals surface area contributed by atoms with E-state index in [1.54, 1.807) is 19.1 Å². The largest absolute Gasteiger partial charge is 0.462 e. The van der Waals surface area contributed by atoms with Crippen molar-refractivity contribution >= 4 is 40.2 Å². The van der Waals surface area contributed by atoms with Gasteiger partial charge in [-0.15, -0.1) is 0 Å². The highest BCUT2D eigenvalue weighted by molar-refractivity contribution is 14.1. The molecule has 0 aliphatic rings. The third kappa shape index (κ3) is 2.61. The molecule has 0 amide bonds. The fourth-order valence-corrected chi connectivity index (χ4v) is 1.74. The molecule has 0 bridgehead atoms. The van der Waals surface area contributed by atoms with Crippen LogP contribution in [0, 0.1) is 14.9 Å². The molecule has 1 aromatic rings. The first-order chi connectivity index (χ1) is 7.11. The molecule has 5 heteroatoms. The van der Waals surface area contributed by atoms with Crippen molar-refractivity contribution in [1.29, 1.82) is 5.26 Å². The first-order valence-electron chi connectivity index (χ1n) is 4.17. The van der Waals surface area contributed by atoms with Crippen LogP contribution in [0.25, 0.3) is 0 Å². The number of benzene rings is 1. The summed E-state index contributed by atoms with van der Waals surface area (Å²) in [5, 5.41) is 9.10. The van der Waals surface area contributed by atoms with Crippen LogP contribution in [0.3, 0.4) is 0 Å². The Kier molecular flexibility index (Phi) is 4.36. The number of carbonyl (C=O) groups excluding carboxylic acids is 1. The zero-order valence-electron chi connectivity index (χ0n) is 7.88. The van der Waals surface area contributed by atoms with Gasteiger partial charge in [-0.25, -0.2) is 4.79 Å². The minimum atomic E-state index is -0.558. The second kappa shape index (κ2) is 5.33. The lowest BCUT2D eigenvalue weighted by Crippen LogP contribution is -2.08. The Morgan fingerprint density at radius 3 is 2.87 bits per heavy atom. The quantitative estimate of drug-likeness (QED) is 0.617. The highest BCUT2D eigenvalue weighted by Gasteiger charge is 2.18. The van der Waals surface area contributed by atoms with Gasteiger partial charge in [0.25, 0.3) is 0 Å². The van der Waals surface area contributed by atoms with Crippen LogP contribution < -0.4 is 0 Å². The Bertz CT molecular complexity index is 440. The number of hydrogen-bond acceptors (Lipinski definition) is 3. The van der Waals surface area contributed by atoms with E-state index in [0.717, 1.165) is 3.57 Å². The summed E-state index contributed by atoms with van der Waals surface area (Å²) in [6.07, 6.45) is 0. The molecular formula is C10H7ClINO2. The van der Waals surface area contributed by atoms with Gasteiger partial charge in [-0.1, -0.05) is 11.6 Å². The van der Waals surface area contributed by atoms with Gasteiger partial charge in [-0.3, -0.25) is 0 Å². The Morgan fingerprint density at radius 1 is 1.67 bits per heavy atom. The Balaban J connectivity index is 3.31. The van der Waals surface area contributed by atoms with E-state index in [4.69, 9.17) is 21.6 Å². The maximum Gasteiger partial charge on any atom is 0.341 e. The molecule has 0 aromatic heterocycles. The maximum atomic E-state index is 11.5. The maximum absolute atomic E-state index is 11.5. The summed E-state index contributed by atoms with van der Waals surface area (Å²) in [6.45, 7) is 1.96. The average molecular weight is 336 g/mol. The predicted octanol–water partition coefficient (Wildman–Crippen LogP) is 2.99. The molecule has 0 fully saturated rings. The number of rotatable bonds is 2. The van der Waals surface area contributed by atoms with E-state index < -0.39 is 5.97 Å². The van der Waals surface area contributed by atoms with E-state index in [1.807, 2.05) is 28.7 Å². The zero-order chi connectivity index (χ0) is 11.4. The minimum absolute atomic E-state index is 0.146. The molecule has 0 aliphatic carbocycles. The van der Waals surface area contributed by atoms with Crippen LogP contribution in [0.4, 0.5) is 0 Å². The highest BCUT2D eigenvalue weighted by atomic mass is 127. The van der Waals surface area contributed by atoms with Gasteiger partial charge in [-0.2, -0.15) is 5.26 Å². The number of ether oxygens (including phenoxy) is 1. The van der Waals surface area contributed by atoms with E-state index in [0.29, 0.717) is 0 Å². The lowest BCUT2D eigenvalue weighted by Gasteiger charge is -2.07. The molecule has 0 saturated carbocycles. The highest BCUT2D eigenvalue weighted by Crippen LogP contribution is 2.26. The first kappa shape index (κ1) is 12.3. The lowest BCUT2D eigenvalue weighted by atomic mass is 10.1. The molecule has 0 atom stereocenters. The molecule has 0 radical (unpaired) electrons. The minimum Gasteiger partial charge on any atom is -0.462 e. The van der Waals surface area contributed by atoms with Crippen molar-refractivity contribution in [1.82, 2.24) is 0 Å². The standard InChI is InChI=1S/C10H7ClINO2/c1-2-15-10(14)8-6(5-13)3-4-7(12)9(8)11/h3-4H,2H2,1H3. The van der Waals surface area contributed by atoms with Gasteiger partial charge < -0.3 is 4.74 Å². The molecule has 0 spiro atoms. The summed E-state index contributed by atoms with van der Waals surface area (Å²) in [7, 11) is 0. The Labute approximate surface area is 106 Å². The van der Waals surface area contributed by atoms with E-state index in [2.05, 4.69) is 0 Å². The number of hydrogen-bond donors (Lipinski definition) is 0. The summed E-state index contributed by atoms with van der Waals surface area (Å²) >= 11 is 7.94. The third-order valence-corrected chi connectivity index (χ3v) is 3.31. The van der Waals surface area contributed by atoms with Crippen LogP contribution in [0.5, 0.6) is 0 Å². The van der Waals surface area contributed by atoms with Crippen LogP contribution >= 0.6 is 34.2 Å². The summed E-state index contributed by atoms with van der Waals surface area (Å²) < 4.78 is 5.55. The number of carbonyl (C=O) groups is 1. The van der Waals surface area contributed by atoms with Gasteiger partial charge in [0.05, 0.1) is 22.8 Å². The summed E-state index contributed by atoms with van der Waals surface area (Å²) in [5.41, 5.74) is 0.381. The van der Waals surface area contributed by atoms with Gasteiger partial charge in [0.2, 0.25) is 0 Å². The average Bonchev–Trinajstić information content (AvgIpc) is 2.22. The molecule has 78 valence electrons. The summed E-state index contributed by atoms with van der Waals surface area (Å²) in [5.74, 6) is -0.558. The second-order valence-electron chi connectivity index (χ2n) is 2.62. The fourth-order valence-electron chi connectivity index (χ4n) is 1.05. The van der Waals surface area contributed by atoms with E-state index in [1.165, 1.54) is 0 Å². The van der Waals surface area contributed by atoms with Crippen molar-refractivity contribution in [2.75, 3.05) is 6.61 Å². The molecule has 0 N–H and O–H groups in total. The Morgan fingerprint density at radius 2 is 2.33 bits per heavy atom. The van der Waals surface area contributed by atoms with Crippen molar-refractivity contribution in [3.05, 3.63) is 31.9 Å². The number of esters is 1. The molecule has 0 unspecified atom stereocenters. The smallest absolute Gasteiger partial charge is 0.341 e. The van der Waals surface area contributed by atoms with Crippen LogP contribution in [0.2, 0.25) is 5.02 Å². The number of halogens is 2. The topological polar surface area (TPSA) is 50.1 Å². The van der Waals surface area contributed by atoms with Gasteiger partial charge in [0.15, 0.2) is 0 Å². The van der Waals surface area contributed by atoms with Crippen molar-refractivity contribution in [3.8, 4) is 6.07 Å². The van der Waals surface area contributed by atoms with Gasteiger partial charge >= 0.3 is 5.97 Å². The van der Waals surface area contributed by atoms with Crippen LogP contribution in [0.15, 0.2) is 12.1 Å². The molecule has 0 heterocycles. The predicted molar refractivity (Wildman–Crippen MR) is 64.8 cm³/mol. The van der Waals surface area contributed by atoms with Crippen molar-refractivity contribution in [3.63, 3.8) is 0 Å². The first-order valence-corrected chi connectivity index (χ1v) is 5.62. The molecule has 1 rings (SSSR count). The molecule has 0 saturated heterocycles. The van der Waals surface area contributed by atoms with Crippen molar-refractivity contribution in [2.45, 2.75) is 6.92 Å². The van der Waals surface area contributed by atoms with Gasteiger partial charge in [0, 0.05) is 3.57 Å². The second-order valence-corrected chi connectivity index (χ2v) is 4.16. The van der Waals surface area contributed by atoms with Crippen molar-refractivity contribution < 1.29 is 9.53 Å². The van der Waals surface area contributed by atoms with Crippen LogP contribution in [0.1, 0.15) is 22.8 Å². The molecule has 1 aromatic carbocycles. The molecular weight excluding hydrogens is 328 g/mol. The van der Waals surface area contributed by atoms with Crippen LogP contribution in [-0.4, -0.2) is 12.6 Å². The molecule has 15 heavy (non-hydrogen) atoms. The molecule has 0 aliphatic heterocycles. The summed E-state index contributed by atoms with van der Waals surface area (Å²) in [6, 6.07) is 5.15. The van der Waals surface area contributed by atoms with Gasteiger partial charge in [-0.05, 0) is 41.6 Å². The molecule has 3 nitrogen and oxygen atoms in total. The van der Waals surface area contributed by atoms with Crippen molar-refractivity contribution in [2.24, 2.45) is 0 Å². The van der Waals surface area contributed by atoms with Crippen LogP contribution in [-0.2, 0) is 4.74 Å². The monoisotopic (exact) mass is 335 g/mol. The Hall–Kier alpha value is -0.800. The van der Waals surface area contributed by atoms with E-state index in [-0.39, 0.29) is 22.8 Å². The van der Waals surface area contributed by atoms with Gasteiger partial charge in [0.1, 0.15) is 6.07 Å². The fraction of sp³-hybridized carbons (Fsp3) is 0.200. The third-order valence-electron chi connectivity index (χ3n) is 1.69. The normalized spacial score (nSPS) is 9.47. The SMILES string of the molecule is CCOC(=O)c1c(C#N)ccc(I)c1Cl. The lowest BCUT2D eigenvalue weighted by molar-refractivity contribution is 0.0526. The zero-order valence-corrected chi connectivity index (χ0v) is 10.8. The van der Waals surface area contributed by atoms with E-state index in [9.17, 15) is 4.79 Å². The summed E-state index contributed by atoms with van der Waals surface area (Å²) in [4.78, 5) is 11.5.